The van der Waals surface area contributed by atoms with Gasteiger partial charge in [-0.05, 0) is 53.3 Å². The van der Waals surface area contributed by atoms with Crippen LogP contribution in [0.1, 0.15) is 29.5 Å². The highest BCUT2D eigenvalue weighted by molar-refractivity contribution is 7.22. The molecule has 0 spiro atoms. The molecule has 45 heavy (non-hydrogen) atoms. The molecule has 2 aromatic heterocycles. The molecular weight excluding hydrogens is 604 g/mol. The minimum Gasteiger partial charge on any atom is -0.453 e. The number of fused-ring (bicyclic) bond motifs is 1. The van der Waals surface area contributed by atoms with Crippen LogP contribution >= 0.6 is 11.3 Å². The Balaban J connectivity index is 1.12. The van der Waals surface area contributed by atoms with Crippen molar-refractivity contribution >= 4 is 33.1 Å². The van der Waals surface area contributed by atoms with Crippen LogP contribution in [0.2, 0.25) is 0 Å². The largest absolute Gasteiger partial charge is 0.453 e. The summed E-state index contributed by atoms with van der Waals surface area (Å²) in [6, 6.07) is 24.4. The first-order chi connectivity index (χ1) is 21.6. The molecule has 0 saturated heterocycles. The van der Waals surface area contributed by atoms with E-state index < -0.39 is 24.0 Å². The van der Waals surface area contributed by atoms with E-state index in [-0.39, 0.29) is 36.7 Å². The van der Waals surface area contributed by atoms with Crippen LogP contribution in [0.3, 0.4) is 0 Å². The number of alkyl halides is 3. The van der Waals surface area contributed by atoms with Gasteiger partial charge in [0.2, 0.25) is 0 Å². The van der Waals surface area contributed by atoms with E-state index in [1.165, 1.54) is 23.5 Å². The maximum atomic E-state index is 15.2. The zero-order valence-corrected chi connectivity index (χ0v) is 24.8. The summed E-state index contributed by atoms with van der Waals surface area (Å²) >= 11 is 1.40. The minimum absolute atomic E-state index is 0.00866. The van der Waals surface area contributed by atoms with E-state index in [9.17, 15) is 22.8 Å². The summed E-state index contributed by atoms with van der Waals surface area (Å²) in [5.74, 6) is -0.507. The second-order valence-corrected chi connectivity index (χ2v) is 12.2. The molecule has 5 nitrogen and oxygen atoms in total. The van der Waals surface area contributed by atoms with E-state index in [2.05, 4.69) is 10.3 Å². The molecule has 1 aliphatic rings. The highest BCUT2D eigenvalue weighted by atomic mass is 32.1. The predicted octanol–water partition coefficient (Wildman–Crippen LogP) is 8.25. The van der Waals surface area contributed by atoms with Crippen LogP contribution < -0.4 is 10.1 Å². The van der Waals surface area contributed by atoms with Crippen molar-refractivity contribution in [3.05, 3.63) is 114 Å². The Morgan fingerprint density at radius 3 is 2.20 bits per heavy atom. The Hall–Kier alpha value is -4.41. The molecule has 230 valence electrons. The van der Waals surface area contributed by atoms with Gasteiger partial charge in [-0.2, -0.15) is 13.2 Å². The summed E-state index contributed by atoms with van der Waals surface area (Å²) in [7, 11) is 0. The monoisotopic (exact) mass is 632 g/mol. The van der Waals surface area contributed by atoms with E-state index in [1.54, 1.807) is 30.5 Å². The van der Waals surface area contributed by atoms with E-state index in [0.29, 0.717) is 34.4 Å². The molecule has 5 aromatic rings. The first kappa shape index (κ1) is 30.6. The number of carbonyl (C=O) groups excluding carboxylic acids is 2. The normalized spacial score (nSPS) is 14.0. The van der Waals surface area contributed by atoms with Crippen LogP contribution in [0.15, 0.2) is 91.1 Å². The molecule has 6 rings (SSSR count). The fraction of sp³-hybridized carbons (Fsp3) is 0.229. The molecule has 10 heteroatoms. The molecule has 1 aliphatic carbocycles. The van der Waals surface area contributed by atoms with Crippen molar-refractivity contribution in [1.82, 2.24) is 10.3 Å². The lowest BCUT2D eigenvalue weighted by Gasteiger charge is -2.14. The maximum absolute atomic E-state index is 15.2. The SMILES string of the molecule is O=C(Cc1ccccc1)C1(C(=O)Cc2ccc(Oc3ccnc4cc(-c5ccc(CNCC(F)(F)F)cc5)sc34)c(F)c2)CC1. The minimum atomic E-state index is -4.27. The smallest absolute Gasteiger partial charge is 0.401 e. The van der Waals surface area contributed by atoms with Gasteiger partial charge in [-0.15, -0.1) is 11.3 Å². The van der Waals surface area contributed by atoms with Crippen LogP contribution in [0.5, 0.6) is 11.5 Å². The highest BCUT2D eigenvalue weighted by Crippen LogP contribution is 2.49. The number of nitrogens with zero attached hydrogens (tertiary/aromatic N) is 1. The summed E-state index contributed by atoms with van der Waals surface area (Å²) < 4.78 is 59.1. The molecule has 1 N–H and O–H groups in total. The van der Waals surface area contributed by atoms with Crippen LogP contribution in [0.4, 0.5) is 17.6 Å². The lowest BCUT2D eigenvalue weighted by atomic mass is 9.88. The second-order valence-electron chi connectivity index (χ2n) is 11.2. The number of ketones is 2. The fourth-order valence-corrected chi connectivity index (χ4v) is 6.34. The van der Waals surface area contributed by atoms with Gasteiger partial charge in [-0.1, -0.05) is 60.7 Å². The molecule has 0 aliphatic heterocycles. The molecule has 0 bridgehead atoms. The number of rotatable bonds is 12. The molecular formula is C35H28F4N2O3S. The average Bonchev–Trinajstić information content (AvgIpc) is 3.72. The number of nitrogens with one attached hydrogen (secondary N) is 1. The van der Waals surface area contributed by atoms with Gasteiger partial charge in [-0.3, -0.25) is 14.6 Å². The summed E-state index contributed by atoms with van der Waals surface area (Å²) in [6.45, 7) is -0.963. The van der Waals surface area contributed by atoms with E-state index in [4.69, 9.17) is 4.74 Å². The van der Waals surface area contributed by atoms with Gasteiger partial charge in [0.05, 0.1) is 22.2 Å². The van der Waals surface area contributed by atoms with Crippen molar-refractivity contribution in [2.24, 2.45) is 5.41 Å². The Kier molecular flexibility index (Phi) is 8.52. The van der Waals surface area contributed by atoms with Gasteiger partial charge in [-0.25, -0.2) is 4.39 Å². The van der Waals surface area contributed by atoms with E-state index >= 15 is 4.39 Å². The molecule has 1 saturated carbocycles. The van der Waals surface area contributed by atoms with Crippen molar-refractivity contribution in [2.45, 2.75) is 38.4 Å². The van der Waals surface area contributed by atoms with Crippen LogP contribution in [0, 0.1) is 11.2 Å². The Labute approximate surface area is 260 Å². The van der Waals surface area contributed by atoms with E-state index in [0.717, 1.165) is 21.6 Å². The quantitative estimate of drug-likeness (QED) is 0.111. The summed E-state index contributed by atoms with van der Waals surface area (Å²) in [5.41, 5.74) is 2.59. The standard InChI is InChI=1S/C35H28F4N2O3S/c36-26-16-24(18-32(43)34(13-14-34)31(42)17-22-4-2-1-3-5-22)8-11-28(26)44-29-12-15-41-27-19-30(45-33(27)29)25-9-6-23(7-10-25)20-40-21-35(37,38)39/h1-12,15-16,19,40H,13-14,17-18,20-21H2. The molecule has 0 unspecified atom stereocenters. The Morgan fingerprint density at radius 2 is 1.53 bits per heavy atom. The number of hydrogen-bond acceptors (Lipinski definition) is 6. The van der Waals surface area contributed by atoms with Crippen molar-refractivity contribution in [2.75, 3.05) is 6.54 Å². The van der Waals surface area contributed by atoms with Crippen LogP contribution in [-0.2, 0) is 29.0 Å². The number of carbonyl (C=O) groups is 2. The predicted molar refractivity (Wildman–Crippen MR) is 165 cm³/mol. The first-order valence-corrected chi connectivity index (χ1v) is 15.2. The number of Topliss-reactive ketones (excluding diaryl/α,β-unsaturated/α-hetero) is 2. The number of aromatic nitrogens is 1. The van der Waals surface area contributed by atoms with Gasteiger partial charge in [0, 0.05) is 36.5 Å². The number of halogens is 4. The van der Waals surface area contributed by atoms with Gasteiger partial charge in [0.1, 0.15) is 5.75 Å². The lowest BCUT2D eigenvalue weighted by molar-refractivity contribution is -0.134. The fourth-order valence-electron chi connectivity index (χ4n) is 5.27. The van der Waals surface area contributed by atoms with Gasteiger partial charge < -0.3 is 10.1 Å². The number of hydrogen-bond donors (Lipinski definition) is 1. The third kappa shape index (κ3) is 7.13. The number of pyridine rings is 1. The number of ether oxygens (including phenoxy) is 1. The first-order valence-electron chi connectivity index (χ1n) is 14.4. The summed E-state index contributed by atoms with van der Waals surface area (Å²) in [6.07, 6.45) is -1.50. The molecule has 2 heterocycles. The van der Waals surface area contributed by atoms with Gasteiger partial charge in [0.15, 0.2) is 23.1 Å². The average molecular weight is 633 g/mol. The van der Waals surface area contributed by atoms with Crippen molar-refractivity contribution < 1.29 is 31.9 Å². The third-order valence-corrected chi connectivity index (χ3v) is 9.06. The van der Waals surface area contributed by atoms with Crippen LogP contribution in [-0.4, -0.2) is 29.3 Å². The van der Waals surface area contributed by atoms with Gasteiger partial charge >= 0.3 is 6.18 Å². The van der Waals surface area contributed by atoms with Crippen molar-refractivity contribution in [3.63, 3.8) is 0 Å². The summed E-state index contributed by atoms with van der Waals surface area (Å²) in [5, 5.41) is 2.38. The third-order valence-electron chi connectivity index (χ3n) is 7.87. The van der Waals surface area contributed by atoms with Crippen molar-refractivity contribution in [1.29, 1.82) is 0 Å². The highest BCUT2D eigenvalue weighted by Gasteiger charge is 2.54. The summed E-state index contributed by atoms with van der Waals surface area (Å²) in [4.78, 5) is 31.4. The number of benzene rings is 3. The van der Waals surface area contributed by atoms with E-state index in [1.807, 2.05) is 48.5 Å². The topological polar surface area (TPSA) is 68.3 Å². The molecule has 3 aromatic carbocycles. The van der Waals surface area contributed by atoms with Crippen molar-refractivity contribution in [3.8, 4) is 21.9 Å². The Morgan fingerprint density at radius 1 is 0.844 bits per heavy atom. The van der Waals surface area contributed by atoms with Gasteiger partial charge in [0.25, 0.3) is 0 Å². The second kappa shape index (κ2) is 12.5. The molecule has 0 radical (unpaired) electrons. The maximum Gasteiger partial charge on any atom is 0.401 e. The number of thiophene rings is 1. The Bertz CT molecular complexity index is 1850. The van der Waals surface area contributed by atoms with Crippen LogP contribution in [0.25, 0.3) is 20.7 Å². The molecule has 1 fully saturated rings. The molecule has 0 atom stereocenters. The lowest BCUT2D eigenvalue weighted by Crippen LogP contribution is -2.28. The zero-order chi connectivity index (χ0) is 31.6. The molecule has 0 amide bonds. The zero-order valence-electron chi connectivity index (χ0n) is 24.0.